The van der Waals surface area contributed by atoms with Crippen LogP contribution in [0.3, 0.4) is 0 Å². The van der Waals surface area contributed by atoms with Gasteiger partial charge in [-0.2, -0.15) is 5.10 Å². The molecular weight excluding hydrogens is 344 g/mol. The van der Waals surface area contributed by atoms with Gasteiger partial charge < -0.3 is 15.8 Å². The van der Waals surface area contributed by atoms with E-state index in [0.29, 0.717) is 30.2 Å². The molecule has 0 aliphatic heterocycles. The number of nitrogens with two attached hydrogens (primary N) is 1. The molecule has 0 spiro atoms. The molecule has 2 rings (SSSR count). The highest BCUT2D eigenvalue weighted by Crippen LogP contribution is 2.19. The molecule has 7 heteroatoms. The van der Waals surface area contributed by atoms with Crippen LogP contribution in [0.1, 0.15) is 37.2 Å². The van der Waals surface area contributed by atoms with E-state index in [2.05, 4.69) is 31.2 Å². The minimum atomic E-state index is -0.548. The van der Waals surface area contributed by atoms with E-state index in [4.69, 9.17) is 10.5 Å². The van der Waals surface area contributed by atoms with E-state index in [9.17, 15) is 9.59 Å². The van der Waals surface area contributed by atoms with E-state index >= 15 is 0 Å². The number of primary amides is 1. The number of carbonyl (C=O) groups excluding carboxylic acids is 2. The van der Waals surface area contributed by atoms with Crippen LogP contribution < -0.4 is 15.8 Å². The summed E-state index contributed by atoms with van der Waals surface area (Å²) in [7, 11) is 0. The number of amides is 2. The summed E-state index contributed by atoms with van der Waals surface area (Å²) in [6, 6.07) is 6.88. The van der Waals surface area contributed by atoms with Gasteiger partial charge in [0.25, 0.3) is 5.91 Å². The van der Waals surface area contributed by atoms with Crippen molar-refractivity contribution in [3.63, 3.8) is 0 Å². The highest BCUT2D eigenvalue weighted by atomic mass is 16.5. The maximum Gasteiger partial charge on any atom is 0.255 e. The van der Waals surface area contributed by atoms with Crippen molar-refractivity contribution < 1.29 is 14.3 Å². The van der Waals surface area contributed by atoms with Crippen LogP contribution in [0.4, 0.5) is 5.69 Å². The molecule has 1 aromatic heterocycles. The van der Waals surface area contributed by atoms with Crippen molar-refractivity contribution in [1.82, 2.24) is 9.78 Å². The predicted octanol–water partition coefficient (Wildman–Crippen LogP) is 2.59. The van der Waals surface area contributed by atoms with Crippen LogP contribution in [0, 0.1) is 19.8 Å². The van der Waals surface area contributed by atoms with Crippen LogP contribution in [0.5, 0.6) is 5.75 Å². The largest absolute Gasteiger partial charge is 0.484 e. The van der Waals surface area contributed by atoms with E-state index in [1.165, 1.54) is 0 Å². The molecule has 0 radical (unpaired) electrons. The molecule has 1 aromatic carbocycles. The average Bonchev–Trinajstić information content (AvgIpc) is 2.84. The van der Waals surface area contributed by atoms with Gasteiger partial charge in [-0.1, -0.05) is 19.9 Å². The monoisotopic (exact) mass is 372 g/mol. The third-order valence-corrected chi connectivity index (χ3v) is 4.17. The second-order valence-corrected chi connectivity index (χ2v) is 7.06. The molecule has 7 nitrogen and oxygen atoms in total. The first kappa shape index (κ1) is 20.5. The zero-order valence-corrected chi connectivity index (χ0v) is 16.4. The fraction of sp³-hybridized carbons (Fsp3) is 0.450. The van der Waals surface area contributed by atoms with Crippen molar-refractivity contribution in [1.29, 1.82) is 0 Å². The number of carbonyl (C=O) groups is 2. The van der Waals surface area contributed by atoms with Gasteiger partial charge in [-0.3, -0.25) is 14.3 Å². The molecule has 27 heavy (non-hydrogen) atoms. The van der Waals surface area contributed by atoms with Crippen LogP contribution in [0.25, 0.3) is 0 Å². The molecule has 0 saturated carbocycles. The number of nitrogens with one attached hydrogen (secondary N) is 1. The van der Waals surface area contributed by atoms with Gasteiger partial charge in [0.05, 0.1) is 5.69 Å². The quantitative estimate of drug-likeness (QED) is 0.707. The Morgan fingerprint density at radius 3 is 2.70 bits per heavy atom. The standard InChI is InChI=1S/C20H28N4O3/c1-13(2)11-24-15(4)18(14(3)23-24)8-9-20(26)22-16-6-5-7-17(10-16)27-12-19(21)25/h5-7,10,13H,8-9,11-12H2,1-4H3,(H2,21,25)(H,22,26). The zero-order chi connectivity index (χ0) is 20.0. The van der Waals surface area contributed by atoms with Crippen molar-refractivity contribution in [3.05, 3.63) is 41.2 Å². The lowest BCUT2D eigenvalue weighted by atomic mass is 10.1. The first-order valence-corrected chi connectivity index (χ1v) is 9.10. The Bertz CT molecular complexity index is 812. The lowest BCUT2D eigenvalue weighted by Gasteiger charge is -2.09. The van der Waals surface area contributed by atoms with Gasteiger partial charge in [-0.05, 0) is 43.9 Å². The van der Waals surface area contributed by atoms with E-state index in [-0.39, 0.29) is 12.5 Å². The Morgan fingerprint density at radius 2 is 2.04 bits per heavy atom. The van der Waals surface area contributed by atoms with E-state index < -0.39 is 5.91 Å². The summed E-state index contributed by atoms with van der Waals surface area (Å²) in [6.45, 7) is 9.02. The maximum absolute atomic E-state index is 12.3. The summed E-state index contributed by atoms with van der Waals surface area (Å²) in [6.07, 6.45) is 1.00. The van der Waals surface area contributed by atoms with Gasteiger partial charge in [0.15, 0.2) is 6.61 Å². The van der Waals surface area contributed by atoms with Crippen molar-refractivity contribution >= 4 is 17.5 Å². The molecule has 3 N–H and O–H groups in total. The smallest absolute Gasteiger partial charge is 0.255 e. The van der Waals surface area contributed by atoms with Crippen molar-refractivity contribution in [2.45, 2.75) is 47.1 Å². The third kappa shape index (κ3) is 6.13. The lowest BCUT2D eigenvalue weighted by molar-refractivity contribution is -0.120. The summed E-state index contributed by atoms with van der Waals surface area (Å²) in [5.74, 6) is 0.363. The Hall–Kier alpha value is -2.83. The van der Waals surface area contributed by atoms with Crippen LogP contribution in [0.2, 0.25) is 0 Å². The maximum atomic E-state index is 12.3. The molecule has 0 aliphatic rings. The number of ether oxygens (including phenoxy) is 1. The van der Waals surface area contributed by atoms with Crippen LogP contribution in [-0.2, 0) is 22.6 Å². The molecule has 2 amide bonds. The third-order valence-electron chi connectivity index (χ3n) is 4.17. The molecule has 0 unspecified atom stereocenters. The molecular formula is C20H28N4O3. The molecule has 146 valence electrons. The van der Waals surface area contributed by atoms with Gasteiger partial charge in [0.1, 0.15) is 5.75 Å². The van der Waals surface area contributed by atoms with Crippen LogP contribution in [-0.4, -0.2) is 28.2 Å². The Balaban J connectivity index is 1.94. The number of nitrogens with zero attached hydrogens (tertiary/aromatic N) is 2. The minimum Gasteiger partial charge on any atom is -0.484 e. The number of hydrogen-bond acceptors (Lipinski definition) is 4. The molecule has 2 aromatic rings. The summed E-state index contributed by atoms with van der Waals surface area (Å²) in [4.78, 5) is 23.1. The molecule has 0 fully saturated rings. The second-order valence-electron chi connectivity index (χ2n) is 7.06. The molecule has 0 bridgehead atoms. The molecule has 1 heterocycles. The van der Waals surface area contributed by atoms with E-state index in [1.807, 2.05) is 11.6 Å². The Kier molecular flexibility index (Phi) is 6.98. The summed E-state index contributed by atoms with van der Waals surface area (Å²) < 4.78 is 7.27. The predicted molar refractivity (Wildman–Crippen MR) is 105 cm³/mol. The summed E-state index contributed by atoms with van der Waals surface area (Å²) in [5.41, 5.74) is 8.91. The first-order valence-electron chi connectivity index (χ1n) is 9.10. The zero-order valence-electron chi connectivity index (χ0n) is 16.4. The normalized spacial score (nSPS) is 10.9. The van der Waals surface area contributed by atoms with E-state index in [1.54, 1.807) is 24.3 Å². The fourth-order valence-corrected chi connectivity index (χ4v) is 2.90. The molecule has 0 atom stereocenters. The minimum absolute atomic E-state index is 0.0857. The van der Waals surface area contributed by atoms with Gasteiger partial charge >= 0.3 is 0 Å². The Labute approximate surface area is 159 Å². The summed E-state index contributed by atoms with van der Waals surface area (Å²) >= 11 is 0. The van der Waals surface area contributed by atoms with Gasteiger partial charge in [-0.25, -0.2) is 0 Å². The Morgan fingerprint density at radius 1 is 1.30 bits per heavy atom. The SMILES string of the molecule is Cc1nn(CC(C)C)c(C)c1CCC(=O)Nc1cccc(OCC(N)=O)c1. The lowest BCUT2D eigenvalue weighted by Crippen LogP contribution is -2.20. The molecule has 0 aliphatic carbocycles. The highest BCUT2D eigenvalue weighted by Gasteiger charge is 2.14. The second kappa shape index (κ2) is 9.21. The number of rotatable bonds is 9. The van der Waals surface area contributed by atoms with Crippen LogP contribution in [0.15, 0.2) is 24.3 Å². The van der Waals surface area contributed by atoms with E-state index in [0.717, 1.165) is 23.5 Å². The van der Waals surface area contributed by atoms with Crippen LogP contribution >= 0.6 is 0 Å². The fourth-order valence-electron chi connectivity index (χ4n) is 2.90. The van der Waals surface area contributed by atoms with Crippen molar-refractivity contribution in [3.8, 4) is 5.75 Å². The number of hydrogen-bond donors (Lipinski definition) is 2. The number of aryl methyl sites for hydroxylation is 1. The topological polar surface area (TPSA) is 99.2 Å². The first-order chi connectivity index (χ1) is 12.8. The van der Waals surface area contributed by atoms with Crippen molar-refractivity contribution in [2.24, 2.45) is 11.7 Å². The molecule has 0 saturated heterocycles. The average molecular weight is 372 g/mol. The summed E-state index contributed by atoms with van der Waals surface area (Å²) in [5, 5.41) is 7.45. The van der Waals surface area contributed by atoms with Crippen molar-refractivity contribution in [2.75, 3.05) is 11.9 Å². The number of benzene rings is 1. The highest BCUT2D eigenvalue weighted by molar-refractivity contribution is 5.91. The van der Waals surface area contributed by atoms with Gasteiger partial charge in [-0.15, -0.1) is 0 Å². The number of anilines is 1. The van der Waals surface area contributed by atoms with Gasteiger partial charge in [0.2, 0.25) is 5.91 Å². The van der Waals surface area contributed by atoms with Gasteiger partial charge in [0, 0.05) is 30.4 Å². The number of aromatic nitrogens is 2.